The summed E-state index contributed by atoms with van der Waals surface area (Å²) in [6, 6.07) is 9.68. The number of aryl methyl sites for hydroxylation is 1. The summed E-state index contributed by atoms with van der Waals surface area (Å²) < 4.78 is 0. The van der Waals surface area contributed by atoms with Crippen LogP contribution in [-0.4, -0.2) is 41.4 Å². The van der Waals surface area contributed by atoms with Crippen molar-refractivity contribution in [1.82, 2.24) is 5.01 Å². The predicted molar refractivity (Wildman–Crippen MR) is 108 cm³/mol. The molecule has 2 aliphatic rings. The van der Waals surface area contributed by atoms with Crippen molar-refractivity contribution in [2.75, 3.05) is 16.8 Å². The average Bonchev–Trinajstić information content (AvgIpc) is 3.17. The van der Waals surface area contributed by atoms with E-state index in [1.807, 2.05) is 13.0 Å². The normalized spacial score (nSPS) is 20.4. The minimum atomic E-state index is -0.989. The Bertz CT molecular complexity index is 1060. The SMILES string of the molecule is Cc1ccc(NC(=O)CN2N=N[C@H]3C(=O)N(c4cccc(Cl)c4)C(=O)[C@@H]32)c(Cl)c1. The van der Waals surface area contributed by atoms with Crippen LogP contribution in [-0.2, 0) is 14.4 Å². The number of hydrogen-bond acceptors (Lipinski definition) is 6. The number of imide groups is 1. The summed E-state index contributed by atoms with van der Waals surface area (Å²) in [6.07, 6.45) is 0. The average molecular weight is 432 g/mol. The molecule has 0 spiro atoms. The fraction of sp³-hybridized carbons (Fsp3) is 0.211. The van der Waals surface area contributed by atoms with Crippen LogP contribution in [0.2, 0.25) is 10.0 Å². The number of fused-ring (bicyclic) bond motifs is 1. The molecule has 0 saturated carbocycles. The largest absolute Gasteiger partial charge is 0.323 e. The molecule has 2 aromatic rings. The number of benzene rings is 2. The molecule has 0 bridgehead atoms. The first-order valence-corrected chi connectivity index (χ1v) is 9.47. The van der Waals surface area contributed by atoms with Gasteiger partial charge < -0.3 is 5.32 Å². The number of nitrogens with one attached hydrogen (secondary N) is 1. The Labute approximate surface area is 176 Å². The molecular weight excluding hydrogens is 417 g/mol. The van der Waals surface area contributed by atoms with E-state index >= 15 is 0 Å². The van der Waals surface area contributed by atoms with Crippen LogP contribution < -0.4 is 10.2 Å². The molecule has 0 aliphatic carbocycles. The van der Waals surface area contributed by atoms with Crippen LogP contribution in [0.15, 0.2) is 52.8 Å². The highest BCUT2D eigenvalue weighted by atomic mass is 35.5. The maximum Gasteiger partial charge on any atom is 0.263 e. The molecule has 0 aromatic heterocycles. The number of hydrogen-bond donors (Lipinski definition) is 1. The van der Waals surface area contributed by atoms with E-state index in [-0.39, 0.29) is 6.54 Å². The highest BCUT2D eigenvalue weighted by Gasteiger charge is 2.55. The first kappa shape index (κ1) is 19.4. The third-order valence-corrected chi connectivity index (χ3v) is 5.18. The van der Waals surface area contributed by atoms with Crippen LogP contribution in [0.1, 0.15) is 5.56 Å². The predicted octanol–water partition coefficient (Wildman–Crippen LogP) is 3.23. The van der Waals surface area contributed by atoms with Gasteiger partial charge in [0, 0.05) is 5.02 Å². The van der Waals surface area contributed by atoms with Gasteiger partial charge >= 0.3 is 0 Å². The topological polar surface area (TPSA) is 94.4 Å². The maximum atomic E-state index is 12.9. The Kier molecular flexibility index (Phi) is 4.97. The summed E-state index contributed by atoms with van der Waals surface area (Å²) in [5.41, 5.74) is 1.76. The molecule has 1 saturated heterocycles. The van der Waals surface area contributed by atoms with E-state index in [0.29, 0.717) is 21.4 Å². The van der Waals surface area contributed by atoms with E-state index < -0.39 is 29.8 Å². The van der Waals surface area contributed by atoms with E-state index in [1.54, 1.807) is 30.3 Å². The van der Waals surface area contributed by atoms with Gasteiger partial charge in [0.25, 0.3) is 11.8 Å². The van der Waals surface area contributed by atoms with E-state index in [9.17, 15) is 14.4 Å². The molecular formula is C19H15Cl2N5O3. The van der Waals surface area contributed by atoms with Gasteiger partial charge in [-0.05, 0) is 42.8 Å². The lowest BCUT2D eigenvalue weighted by Crippen LogP contribution is -2.43. The molecule has 2 aliphatic heterocycles. The summed E-state index contributed by atoms with van der Waals surface area (Å²) in [7, 11) is 0. The van der Waals surface area contributed by atoms with E-state index in [2.05, 4.69) is 15.7 Å². The van der Waals surface area contributed by atoms with Crippen LogP contribution >= 0.6 is 23.2 Å². The molecule has 1 fully saturated rings. The number of anilines is 2. The maximum absolute atomic E-state index is 12.9. The number of rotatable bonds is 4. The zero-order valence-corrected chi connectivity index (χ0v) is 16.7. The van der Waals surface area contributed by atoms with Gasteiger partial charge in [0.2, 0.25) is 5.91 Å². The monoisotopic (exact) mass is 431 g/mol. The second-order valence-electron chi connectivity index (χ2n) is 6.72. The molecule has 3 amide bonds. The lowest BCUT2D eigenvalue weighted by molar-refractivity contribution is -0.123. The molecule has 29 heavy (non-hydrogen) atoms. The van der Waals surface area contributed by atoms with Gasteiger partial charge in [0.1, 0.15) is 6.54 Å². The highest BCUT2D eigenvalue weighted by molar-refractivity contribution is 6.34. The fourth-order valence-electron chi connectivity index (χ4n) is 3.28. The summed E-state index contributed by atoms with van der Waals surface area (Å²) in [5.74, 6) is -1.44. The standard InChI is InChI=1S/C19H15Cl2N5O3/c1-10-5-6-14(13(21)7-10)22-15(27)9-25-17-16(23-24-25)18(28)26(19(17)29)12-4-2-3-11(20)8-12/h2-8,16-17H,9H2,1H3,(H,22,27)/t16-,17-/m1/s1. The molecule has 2 atom stereocenters. The van der Waals surface area contributed by atoms with E-state index in [4.69, 9.17) is 23.2 Å². The molecule has 1 N–H and O–H groups in total. The number of nitrogens with zero attached hydrogens (tertiary/aromatic N) is 4. The molecule has 8 nitrogen and oxygen atoms in total. The fourth-order valence-corrected chi connectivity index (χ4v) is 3.75. The highest BCUT2D eigenvalue weighted by Crippen LogP contribution is 2.32. The zero-order chi connectivity index (χ0) is 20.7. The first-order chi connectivity index (χ1) is 13.8. The van der Waals surface area contributed by atoms with E-state index in [1.165, 1.54) is 11.1 Å². The van der Waals surface area contributed by atoms with Crippen molar-refractivity contribution >= 4 is 52.3 Å². The van der Waals surface area contributed by atoms with Gasteiger partial charge in [-0.15, -0.1) is 0 Å². The minimum absolute atomic E-state index is 0.253. The van der Waals surface area contributed by atoms with Crippen molar-refractivity contribution < 1.29 is 14.4 Å². The third-order valence-electron chi connectivity index (χ3n) is 4.63. The van der Waals surface area contributed by atoms with Crippen LogP contribution in [0, 0.1) is 6.92 Å². The Hall–Kier alpha value is -2.97. The molecule has 10 heteroatoms. The number of carbonyl (C=O) groups excluding carboxylic acids is 3. The minimum Gasteiger partial charge on any atom is -0.323 e. The molecule has 148 valence electrons. The van der Waals surface area contributed by atoms with Crippen molar-refractivity contribution in [2.45, 2.75) is 19.0 Å². The van der Waals surface area contributed by atoms with Crippen molar-refractivity contribution in [3.63, 3.8) is 0 Å². The molecule has 0 unspecified atom stereocenters. The Balaban J connectivity index is 1.49. The lowest BCUT2D eigenvalue weighted by atomic mass is 10.1. The second kappa shape index (κ2) is 7.46. The molecule has 2 aromatic carbocycles. The first-order valence-electron chi connectivity index (χ1n) is 8.72. The zero-order valence-electron chi connectivity index (χ0n) is 15.2. The lowest BCUT2D eigenvalue weighted by Gasteiger charge is -2.20. The second-order valence-corrected chi connectivity index (χ2v) is 7.56. The summed E-state index contributed by atoms with van der Waals surface area (Å²) in [6.45, 7) is 1.63. The smallest absolute Gasteiger partial charge is 0.263 e. The van der Waals surface area contributed by atoms with Crippen LogP contribution in [0.25, 0.3) is 0 Å². The Morgan fingerprint density at radius 3 is 2.66 bits per heavy atom. The summed E-state index contributed by atoms with van der Waals surface area (Å²) in [4.78, 5) is 39.0. The van der Waals surface area contributed by atoms with Gasteiger partial charge in [0.05, 0.1) is 16.4 Å². The van der Waals surface area contributed by atoms with Gasteiger partial charge in [-0.2, -0.15) is 5.11 Å². The molecule has 0 radical (unpaired) electrons. The van der Waals surface area contributed by atoms with Gasteiger partial charge in [-0.25, -0.2) is 4.90 Å². The van der Waals surface area contributed by atoms with Crippen molar-refractivity contribution in [1.29, 1.82) is 0 Å². The Morgan fingerprint density at radius 2 is 1.93 bits per heavy atom. The van der Waals surface area contributed by atoms with Gasteiger partial charge in [0.15, 0.2) is 12.1 Å². The summed E-state index contributed by atoms with van der Waals surface area (Å²) in [5, 5.41) is 12.4. The third kappa shape index (κ3) is 3.56. The number of halogens is 2. The Morgan fingerprint density at radius 1 is 1.14 bits per heavy atom. The van der Waals surface area contributed by atoms with Crippen molar-refractivity contribution in [3.8, 4) is 0 Å². The molecule has 4 rings (SSSR count). The van der Waals surface area contributed by atoms with Crippen LogP contribution in [0.4, 0.5) is 11.4 Å². The number of amides is 3. The number of carbonyl (C=O) groups is 3. The van der Waals surface area contributed by atoms with Gasteiger partial charge in [-0.3, -0.25) is 19.4 Å². The van der Waals surface area contributed by atoms with Crippen LogP contribution in [0.5, 0.6) is 0 Å². The molecule has 2 heterocycles. The van der Waals surface area contributed by atoms with E-state index in [0.717, 1.165) is 10.5 Å². The van der Waals surface area contributed by atoms with Crippen molar-refractivity contribution in [3.05, 3.63) is 58.1 Å². The van der Waals surface area contributed by atoms with Crippen molar-refractivity contribution in [2.24, 2.45) is 10.3 Å². The quantitative estimate of drug-likeness (QED) is 0.751. The van der Waals surface area contributed by atoms with Gasteiger partial charge in [-0.1, -0.05) is 40.6 Å². The van der Waals surface area contributed by atoms with Crippen LogP contribution in [0.3, 0.4) is 0 Å². The summed E-state index contributed by atoms with van der Waals surface area (Å²) >= 11 is 12.1.